The number of H-pyrrole nitrogens is 1. The van der Waals surface area contributed by atoms with E-state index in [-0.39, 0.29) is 11.7 Å². The first kappa shape index (κ1) is 25.2. The maximum atomic E-state index is 13.1. The van der Waals surface area contributed by atoms with Gasteiger partial charge in [-0.15, -0.1) is 11.3 Å². The number of aromatic nitrogens is 2. The number of ether oxygens (including phenoxy) is 2. The van der Waals surface area contributed by atoms with Crippen LogP contribution in [0.3, 0.4) is 0 Å². The molecule has 3 rings (SSSR count). The van der Waals surface area contributed by atoms with E-state index in [4.69, 9.17) is 14.5 Å². The molecule has 33 heavy (non-hydrogen) atoms. The molecule has 0 spiro atoms. The van der Waals surface area contributed by atoms with Gasteiger partial charge in [0.1, 0.15) is 10.7 Å². The number of nitrogens with zero attached hydrogens (tertiary/aromatic N) is 2. The number of thiophene rings is 1. The zero-order valence-electron chi connectivity index (χ0n) is 20.2. The number of rotatable bonds is 12. The summed E-state index contributed by atoms with van der Waals surface area (Å²) in [5.74, 6) is 2.44. The van der Waals surface area contributed by atoms with Crippen LogP contribution < -0.4 is 15.0 Å². The van der Waals surface area contributed by atoms with Gasteiger partial charge in [-0.1, -0.05) is 33.3 Å². The number of aliphatic hydroxyl groups is 1. The van der Waals surface area contributed by atoms with Gasteiger partial charge >= 0.3 is 0 Å². The quantitative estimate of drug-likeness (QED) is 0.397. The van der Waals surface area contributed by atoms with Crippen LogP contribution in [0.1, 0.15) is 45.9 Å². The largest absolute Gasteiger partial charge is 0.493 e. The third kappa shape index (κ3) is 6.34. The minimum absolute atomic E-state index is 0.154. The Labute approximate surface area is 199 Å². The van der Waals surface area contributed by atoms with Crippen molar-refractivity contribution in [3.8, 4) is 22.6 Å². The molecule has 1 unspecified atom stereocenters. The van der Waals surface area contributed by atoms with Gasteiger partial charge in [0.25, 0.3) is 5.56 Å². The van der Waals surface area contributed by atoms with Crippen LogP contribution in [-0.4, -0.2) is 53.4 Å². The maximum Gasteiger partial charge on any atom is 0.260 e. The normalized spacial score (nSPS) is 12.6. The maximum absolute atomic E-state index is 13.1. The Bertz CT molecular complexity index is 1110. The number of aromatic amines is 1. The van der Waals surface area contributed by atoms with Crippen molar-refractivity contribution in [2.45, 2.75) is 52.7 Å². The summed E-state index contributed by atoms with van der Waals surface area (Å²) in [6.45, 7) is 8.37. The number of methoxy groups -OCH3 is 2. The smallest absolute Gasteiger partial charge is 0.260 e. The summed E-state index contributed by atoms with van der Waals surface area (Å²) >= 11 is 1.46. The minimum atomic E-state index is -0.379. The highest BCUT2D eigenvalue weighted by molar-refractivity contribution is 7.17. The lowest BCUT2D eigenvalue weighted by Gasteiger charge is -2.25. The number of fused-ring (bicyclic) bond motifs is 1. The highest BCUT2D eigenvalue weighted by Gasteiger charge is 2.18. The van der Waals surface area contributed by atoms with Crippen LogP contribution in [0.15, 0.2) is 28.4 Å². The van der Waals surface area contributed by atoms with Gasteiger partial charge in [-0.3, -0.25) is 9.69 Å². The van der Waals surface area contributed by atoms with Gasteiger partial charge in [0.05, 0.1) is 32.3 Å². The standard InChI is InChI=1S/C25H35N3O4S/c1-6-7-18(29)13-28(11-10-16(2)3)14-22-26-24(30)23-19(15-33-25(23)27-22)17-8-9-20(31-4)21(12-17)32-5/h8-9,12,15-16,18,29H,6-7,10-11,13-14H2,1-5H3,(H,26,27,30). The molecule has 0 saturated carbocycles. The van der Waals surface area contributed by atoms with Gasteiger partial charge in [-0.05, 0) is 43.0 Å². The number of hydrogen-bond donors (Lipinski definition) is 2. The SMILES string of the molecule is CCCC(O)CN(CCC(C)C)Cc1nc2scc(-c3ccc(OC)c(OC)c3)c2c(=O)[nH]1. The van der Waals surface area contributed by atoms with Crippen molar-refractivity contribution in [1.82, 2.24) is 14.9 Å². The van der Waals surface area contributed by atoms with E-state index in [9.17, 15) is 9.90 Å². The molecular formula is C25H35N3O4S. The molecule has 3 aromatic rings. The van der Waals surface area contributed by atoms with Gasteiger partial charge in [0.15, 0.2) is 11.5 Å². The first-order valence-corrected chi connectivity index (χ1v) is 12.4. The number of hydrogen-bond acceptors (Lipinski definition) is 7. The second kappa shape index (κ2) is 11.6. The molecule has 0 bridgehead atoms. The van der Waals surface area contributed by atoms with Crippen molar-refractivity contribution in [3.05, 3.63) is 39.8 Å². The zero-order valence-corrected chi connectivity index (χ0v) is 21.0. The summed E-state index contributed by atoms with van der Waals surface area (Å²) in [4.78, 5) is 23.7. The molecule has 1 aromatic carbocycles. The average molecular weight is 474 g/mol. The van der Waals surface area contributed by atoms with Crippen LogP contribution >= 0.6 is 11.3 Å². The number of benzene rings is 1. The average Bonchev–Trinajstić information content (AvgIpc) is 3.21. The van der Waals surface area contributed by atoms with Gasteiger partial charge in [0.2, 0.25) is 0 Å². The molecular weight excluding hydrogens is 438 g/mol. The van der Waals surface area contributed by atoms with Crippen LogP contribution in [0.2, 0.25) is 0 Å². The molecule has 2 aromatic heterocycles. The Morgan fingerprint density at radius 2 is 1.94 bits per heavy atom. The number of aliphatic hydroxyl groups excluding tert-OH is 1. The van der Waals surface area contributed by atoms with Crippen molar-refractivity contribution >= 4 is 21.6 Å². The van der Waals surface area contributed by atoms with Crippen LogP contribution in [0.25, 0.3) is 21.3 Å². The Morgan fingerprint density at radius 3 is 2.61 bits per heavy atom. The summed E-state index contributed by atoms with van der Waals surface area (Å²) in [6, 6.07) is 5.62. The molecule has 0 amide bonds. The minimum Gasteiger partial charge on any atom is -0.493 e. The summed E-state index contributed by atoms with van der Waals surface area (Å²) in [6.07, 6.45) is 2.35. The van der Waals surface area contributed by atoms with E-state index in [1.54, 1.807) is 14.2 Å². The van der Waals surface area contributed by atoms with E-state index < -0.39 is 0 Å². The molecule has 0 saturated heterocycles. The van der Waals surface area contributed by atoms with Crippen LogP contribution in [0.5, 0.6) is 11.5 Å². The lowest BCUT2D eigenvalue weighted by atomic mass is 10.1. The third-order valence-corrected chi connectivity index (χ3v) is 6.55. The summed E-state index contributed by atoms with van der Waals surface area (Å²) in [5.41, 5.74) is 1.55. The molecule has 2 heterocycles. The van der Waals surface area contributed by atoms with Crippen LogP contribution in [0, 0.1) is 5.92 Å². The van der Waals surface area contributed by atoms with Crippen molar-refractivity contribution in [2.75, 3.05) is 27.3 Å². The predicted octanol–water partition coefficient (Wildman–Crippen LogP) is 4.68. The molecule has 0 fully saturated rings. The predicted molar refractivity (Wildman–Crippen MR) is 134 cm³/mol. The second-order valence-corrected chi connectivity index (χ2v) is 9.63. The fraction of sp³-hybridized carbons (Fsp3) is 0.520. The Kier molecular flexibility index (Phi) is 8.88. The van der Waals surface area contributed by atoms with Crippen molar-refractivity contribution in [3.63, 3.8) is 0 Å². The van der Waals surface area contributed by atoms with Gasteiger partial charge in [-0.25, -0.2) is 4.98 Å². The molecule has 7 nitrogen and oxygen atoms in total. The molecule has 0 aliphatic rings. The molecule has 0 radical (unpaired) electrons. The molecule has 180 valence electrons. The Balaban J connectivity index is 1.90. The van der Waals surface area contributed by atoms with E-state index in [0.717, 1.165) is 36.9 Å². The molecule has 2 N–H and O–H groups in total. The van der Waals surface area contributed by atoms with E-state index >= 15 is 0 Å². The molecule has 8 heteroatoms. The van der Waals surface area contributed by atoms with Crippen LogP contribution in [0.4, 0.5) is 0 Å². The third-order valence-electron chi connectivity index (χ3n) is 5.67. The van der Waals surface area contributed by atoms with E-state index in [0.29, 0.717) is 46.5 Å². The van der Waals surface area contributed by atoms with Gasteiger partial charge in [0, 0.05) is 17.5 Å². The highest BCUT2D eigenvalue weighted by atomic mass is 32.1. The summed E-state index contributed by atoms with van der Waals surface area (Å²) in [7, 11) is 3.19. The monoisotopic (exact) mass is 473 g/mol. The first-order chi connectivity index (χ1) is 15.9. The zero-order chi connectivity index (χ0) is 24.0. The first-order valence-electron chi connectivity index (χ1n) is 11.5. The summed E-state index contributed by atoms with van der Waals surface area (Å²) in [5, 5.41) is 12.9. The van der Waals surface area contributed by atoms with Gasteiger partial charge < -0.3 is 19.6 Å². The van der Waals surface area contributed by atoms with E-state index in [1.807, 2.05) is 23.6 Å². The highest BCUT2D eigenvalue weighted by Crippen LogP contribution is 2.36. The fourth-order valence-corrected chi connectivity index (χ4v) is 4.86. The fourth-order valence-electron chi connectivity index (χ4n) is 3.89. The van der Waals surface area contributed by atoms with Crippen molar-refractivity contribution < 1.29 is 14.6 Å². The lowest BCUT2D eigenvalue weighted by molar-refractivity contribution is 0.0968. The Morgan fingerprint density at radius 1 is 1.18 bits per heavy atom. The molecule has 0 aliphatic heterocycles. The molecule has 1 atom stereocenters. The van der Waals surface area contributed by atoms with Crippen molar-refractivity contribution in [2.24, 2.45) is 5.92 Å². The second-order valence-electron chi connectivity index (χ2n) is 8.77. The van der Waals surface area contributed by atoms with E-state index in [1.165, 1.54) is 11.3 Å². The number of nitrogens with one attached hydrogen (secondary N) is 1. The summed E-state index contributed by atoms with van der Waals surface area (Å²) < 4.78 is 10.7. The topological polar surface area (TPSA) is 87.7 Å². The Hall–Kier alpha value is -2.42. The molecule has 0 aliphatic carbocycles. The van der Waals surface area contributed by atoms with Crippen molar-refractivity contribution in [1.29, 1.82) is 0 Å². The van der Waals surface area contributed by atoms with Gasteiger partial charge in [-0.2, -0.15) is 0 Å². The lowest BCUT2D eigenvalue weighted by Crippen LogP contribution is -2.34. The van der Waals surface area contributed by atoms with Crippen LogP contribution in [-0.2, 0) is 6.54 Å². The van der Waals surface area contributed by atoms with E-state index in [2.05, 4.69) is 30.7 Å².